The highest BCUT2D eigenvalue weighted by atomic mass is 32.1. The molecule has 0 aliphatic rings. The van der Waals surface area contributed by atoms with Gasteiger partial charge in [-0.1, -0.05) is 0 Å². The summed E-state index contributed by atoms with van der Waals surface area (Å²) >= 11 is 1.68. The van der Waals surface area contributed by atoms with Crippen molar-refractivity contribution in [1.82, 2.24) is 29.9 Å². The van der Waals surface area contributed by atoms with E-state index in [0.717, 1.165) is 21.5 Å². The summed E-state index contributed by atoms with van der Waals surface area (Å²) in [6.07, 6.45) is 7.13. The lowest BCUT2D eigenvalue weighted by atomic mass is 10.2. The SMILES string of the molecule is CC(Nc1nc(-c2cnn(C)c2)cnc1N)c1cc2[nH]ncc2s1. The molecular weight excluding hydrogens is 324 g/mol. The number of aromatic nitrogens is 6. The van der Waals surface area contributed by atoms with Crippen LogP contribution in [-0.2, 0) is 7.05 Å². The standard InChI is InChI=1S/C15H16N8S/c1-8(12-3-10-13(24-12)6-18-22-10)20-15-14(16)17-5-11(21-15)9-4-19-23(2)7-9/h3-8H,1-2H3,(H2,16,17)(H,18,22)(H,20,21). The van der Waals surface area contributed by atoms with E-state index in [0.29, 0.717) is 11.6 Å². The number of rotatable bonds is 4. The maximum atomic E-state index is 5.98. The quantitative estimate of drug-likeness (QED) is 0.526. The predicted molar refractivity (Wildman–Crippen MR) is 94.7 cm³/mol. The number of thiophene rings is 1. The lowest BCUT2D eigenvalue weighted by molar-refractivity contribution is 0.768. The largest absolute Gasteiger partial charge is 0.381 e. The normalized spacial score (nSPS) is 12.6. The van der Waals surface area contributed by atoms with Crippen molar-refractivity contribution in [2.75, 3.05) is 11.1 Å². The molecule has 4 N–H and O–H groups in total. The molecule has 4 heterocycles. The van der Waals surface area contributed by atoms with Crippen molar-refractivity contribution in [2.45, 2.75) is 13.0 Å². The third kappa shape index (κ3) is 2.58. The average molecular weight is 340 g/mol. The third-order valence-corrected chi connectivity index (χ3v) is 4.98. The van der Waals surface area contributed by atoms with Crippen LogP contribution in [0.4, 0.5) is 11.6 Å². The second-order valence-corrected chi connectivity index (χ2v) is 6.67. The van der Waals surface area contributed by atoms with Gasteiger partial charge >= 0.3 is 0 Å². The molecule has 122 valence electrons. The van der Waals surface area contributed by atoms with Crippen LogP contribution in [-0.4, -0.2) is 29.9 Å². The molecular formula is C15H16N8S. The average Bonchev–Trinajstić information content (AvgIpc) is 3.24. The summed E-state index contributed by atoms with van der Waals surface area (Å²) in [5.41, 5.74) is 8.65. The Morgan fingerprint density at radius 3 is 2.96 bits per heavy atom. The highest BCUT2D eigenvalue weighted by Crippen LogP contribution is 2.31. The molecule has 9 heteroatoms. The molecule has 0 spiro atoms. The van der Waals surface area contributed by atoms with Gasteiger partial charge in [0.05, 0.1) is 40.5 Å². The highest BCUT2D eigenvalue weighted by Gasteiger charge is 2.14. The van der Waals surface area contributed by atoms with E-state index in [1.54, 1.807) is 28.4 Å². The van der Waals surface area contributed by atoms with Crippen molar-refractivity contribution in [2.24, 2.45) is 7.05 Å². The van der Waals surface area contributed by atoms with Crippen LogP contribution in [0.1, 0.15) is 17.8 Å². The van der Waals surface area contributed by atoms with Gasteiger partial charge in [0.1, 0.15) is 0 Å². The molecule has 0 fully saturated rings. The zero-order valence-corrected chi connectivity index (χ0v) is 14.0. The van der Waals surface area contributed by atoms with Gasteiger partial charge in [0.25, 0.3) is 0 Å². The van der Waals surface area contributed by atoms with Gasteiger partial charge in [-0.3, -0.25) is 9.78 Å². The summed E-state index contributed by atoms with van der Waals surface area (Å²) in [5.74, 6) is 0.942. The van der Waals surface area contributed by atoms with Gasteiger partial charge in [-0.2, -0.15) is 10.2 Å². The van der Waals surface area contributed by atoms with Gasteiger partial charge in [-0.15, -0.1) is 11.3 Å². The fourth-order valence-corrected chi connectivity index (χ4v) is 3.44. The van der Waals surface area contributed by atoms with E-state index in [1.165, 1.54) is 4.88 Å². The van der Waals surface area contributed by atoms with Gasteiger partial charge in [-0.25, -0.2) is 9.97 Å². The first-order valence-electron chi connectivity index (χ1n) is 7.41. The molecule has 0 radical (unpaired) electrons. The first kappa shape index (κ1) is 14.6. The van der Waals surface area contributed by atoms with Crippen molar-refractivity contribution in [1.29, 1.82) is 0 Å². The minimum atomic E-state index is 0.0524. The summed E-state index contributed by atoms with van der Waals surface area (Å²) in [6.45, 7) is 2.07. The molecule has 0 saturated carbocycles. The number of nitrogen functional groups attached to an aromatic ring is 1. The minimum Gasteiger partial charge on any atom is -0.381 e. The molecule has 4 aromatic rings. The van der Waals surface area contributed by atoms with E-state index in [1.807, 2.05) is 19.4 Å². The van der Waals surface area contributed by atoms with Gasteiger partial charge in [0.15, 0.2) is 11.6 Å². The molecule has 0 amide bonds. The van der Waals surface area contributed by atoms with E-state index in [4.69, 9.17) is 5.73 Å². The lowest BCUT2D eigenvalue weighted by Gasteiger charge is -2.14. The fraction of sp³-hybridized carbons (Fsp3) is 0.200. The summed E-state index contributed by atoms with van der Waals surface area (Å²) in [5, 5.41) is 14.5. The smallest absolute Gasteiger partial charge is 0.170 e. The van der Waals surface area contributed by atoms with Crippen LogP contribution < -0.4 is 11.1 Å². The van der Waals surface area contributed by atoms with Gasteiger partial charge in [0, 0.05) is 23.7 Å². The molecule has 0 aliphatic heterocycles. The van der Waals surface area contributed by atoms with Crippen LogP contribution in [0.3, 0.4) is 0 Å². The summed E-state index contributed by atoms with van der Waals surface area (Å²) in [7, 11) is 1.86. The maximum Gasteiger partial charge on any atom is 0.170 e. The number of nitrogens with one attached hydrogen (secondary N) is 2. The first-order chi connectivity index (χ1) is 11.6. The molecule has 0 saturated heterocycles. The lowest BCUT2D eigenvalue weighted by Crippen LogP contribution is -2.10. The Hall–Kier alpha value is -2.94. The molecule has 8 nitrogen and oxygen atoms in total. The van der Waals surface area contributed by atoms with Crippen molar-refractivity contribution in [3.63, 3.8) is 0 Å². The number of nitrogens with two attached hydrogens (primary N) is 1. The number of aryl methyl sites for hydroxylation is 1. The van der Waals surface area contributed by atoms with E-state index >= 15 is 0 Å². The zero-order chi connectivity index (χ0) is 16.7. The number of aromatic amines is 1. The highest BCUT2D eigenvalue weighted by molar-refractivity contribution is 7.19. The van der Waals surface area contributed by atoms with E-state index < -0.39 is 0 Å². The van der Waals surface area contributed by atoms with Gasteiger partial charge < -0.3 is 11.1 Å². The predicted octanol–water partition coefficient (Wildman–Crippen LogP) is 2.57. The van der Waals surface area contributed by atoms with E-state index in [9.17, 15) is 0 Å². The van der Waals surface area contributed by atoms with Crippen LogP contribution in [0.2, 0.25) is 0 Å². The Balaban J connectivity index is 1.62. The Bertz CT molecular complexity index is 969. The van der Waals surface area contributed by atoms with Crippen LogP contribution in [0.25, 0.3) is 21.5 Å². The minimum absolute atomic E-state index is 0.0524. The second-order valence-electron chi connectivity index (χ2n) is 5.55. The van der Waals surface area contributed by atoms with E-state index in [2.05, 4.69) is 43.6 Å². The van der Waals surface area contributed by atoms with Crippen LogP contribution in [0.15, 0.2) is 30.9 Å². The Morgan fingerprint density at radius 1 is 1.33 bits per heavy atom. The first-order valence-corrected chi connectivity index (χ1v) is 8.22. The van der Waals surface area contributed by atoms with Crippen LogP contribution in [0.5, 0.6) is 0 Å². The number of hydrogen-bond donors (Lipinski definition) is 3. The van der Waals surface area contributed by atoms with Crippen LogP contribution in [0, 0.1) is 0 Å². The zero-order valence-electron chi connectivity index (χ0n) is 13.2. The third-order valence-electron chi connectivity index (χ3n) is 3.73. The second kappa shape index (κ2) is 5.60. The molecule has 1 atom stereocenters. The summed E-state index contributed by atoms with van der Waals surface area (Å²) in [4.78, 5) is 10.0. The number of anilines is 2. The topological polar surface area (TPSA) is 110 Å². The fourth-order valence-electron chi connectivity index (χ4n) is 2.46. The summed E-state index contributed by atoms with van der Waals surface area (Å²) < 4.78 is 2.85. The maximum absolute atomic E-state index is 5.98. The van der Waals surface area contributed by atoms with Gasteiger partial charge in [-0.05, 0) is 13.0 Å². The Kier molecular flexibility index (Phi) is 3.42. The molecule has 4 rings (SSSR count). The van der Waals surface area contributed by atoms with Crippen molar-refractivity contribution in [3.8, 4) is 11.3 Å². The Labute approximate surface area is 141 Å². The number of hydrogen-bond acceptors (Lipinski definition) is 7. The van der Waals surface area contributed by atoms with Crippen molar-refractivity contribution < 1.29 is 0 Å². The summed E-state index contributed by atoms with van der Waals surface area (Å²) in [6, 6.07) is 2.13. The van der Waals surface area contributed by atoms with E-state index in [-0.39, 0.29) is 6.04 Å². The number of nitrogens with zero attached hydrogens (tertiary/aromatic N) is 5. The molecule has 4 aromatic heterocycles. The molecule has 1 unspecified atom stereocenters. The molecule has 0 aliphatic carbocycles. The van der Waals surface area contributed by atoms with Crippen LogP contribution >= 0.6 is 11.3 Å². The van der Waals surface area contributed by atoms with Crippen molar-refractivity contribution in [3.05, 3.63) is 35.7 Å². The Morgan fingerprint density at radius 2 is 2.21 bits per heavy atom. The molecule has 0 bridgehead atoms. The number of fused-ring (bicyclic) bond motifs is 1. The monoisotopic (exact) mass is 340 g/mol. The number of H-pyrrole nitrogens is 1. The molecule has 0 aromatic carbocycles. The van der Waals surface area contributed by atoms with Crippen molar-refractivity contribution >= 4 is 33.2 Å². The molecule has 24 heavy (non-hydrogen) atoms. The van der Waals surface area contributed by atoms with Gasteiger partial charge in [0.2, 0.25) is 0 Å².